The Kier molecular flexibility index (Phi) is 6.71. The number of piperidine rings is 1. The maximum absolute atomic E-state index is 12.2. The molecule has 1 aromatic rings. The highest BCUT2D eigenvalue weighted by Crippen LogP contribution is 2.23. The molecule has 0 bridgehead atoms. The highest BCUT2D eigenvalue weighted by molar-refractivity contribution is 6.32. The predicted octanol–water partition coefficient (Wildman–Crippen LogP) is 2.91. The molecule has 1 aromatic carbocycles. The quantitative estimate of drug-likeness (QED) is 0.590. The second-order valence-electron chi connectivity index (χ2n) is 5.58. The molecule has 23 heavy (non-hydrogen) atoms. The van der Waals surface area contributed by atoms with Gasteiger partial charge in [-0.25, -0.2) is 0 Å². The summed E-state index contributed by atoms with van der Waals surface area (Å²) in [7, 11) is 1.38. The van der Waals surface area contributed by atoms with E-state index in [2.05, 4.69) is 0 Å². The van der Waals surface area contributed by atoms with Gasteiger partial charge in [-0.1, -0.05) is 23.7 Å². The van der Waals surface area contributed by atoms with E-state index >= 15 is 0 Å². The molecule has 0 aliphatic carbocycles. The molecule has 6 heteroatoms. The largest absolute Gasteiger partial charge is 0.492 e. The van der Waals surface area contributed by atoms with Crippen LogP contribution in [0.3, 0.4) is 0 Å². The molecule has 2 rings (SSSR count). The number of methoxy groups -OCH3 is 1. The average Bonchev–Trinajstić information content (AvgIpc) is 2.59. The minimum Gasteiger partial charge on any atom is -0.492 e. The number of likely N-dealkylation sites (tertiary alicyclic amines) is 1. The van der Waals surface area contributed by atoms with Gasteiger partial charge in [0.05, 0.1) is 24.7 Å². The summed E-state index contributed by atoms with van der Waals surface area (Å²) in [6, 6.07) is 7.26. The van der Waals surface area contributed by atoms with Crippen molar-refractivity contribution in [2.75, 3.05) is 26.8 Å². The first kappa shape index (κ1) is 17.6. The Morgan fingerprint density at radius 3 is 2.87 bits per heavy atom. The zero-order chi connectivity index (χ0) is 16.7. The molecule has 1 atom stereocenters. The Hall–Kier alpha value is -1.75. The van der Waals surface area contributed by atoms with Gasteiger partial charge in [-0.15, -0.1) is 0 Å². The zero-order valence-corrected chi connectivity index (χ0v) is 14.1. The van der Waals surface area contributed by atoms with Crippen LogP contribution in [-0.4, -0.2) is 43.6 Å². The normalized spacial score (nSPS) is 17.7. The third-order valence-corrected chi connectivity index (χ3v) is 4.25. The number of benzene rings is 1. The van der Waals surface area contributed by atoms with E-state index in [9.17, 15) is 9.59 Å². The van der Waals surface area contributed by atoms with Crippen LogP contribution in [0.25, 0.3) is 0 Å². The van der Waals surface area contributed by atoms with E-state index in [-0.39, 0.29) is 17.8 Å². The lowest BCUT2D eigenvalue weighted by molar-refractivity contribution is -0.149. The molecule has 126 valence electrons. The fraction of sp³-hybridized carbons (Fsp3) is 0.529. The van der Waals surface area contributed by atoms with Crippen molar-refractivity contribution >= 4 is 23.5 Å². The lowest BCUT2D eigenvalue weighted by Gasteiger charge is -2.31. The van der Waals surface area contributed by atoms with E-state index in [1.54, 1.807) is 17.0 Å². The topological polar surface area (TPSA) is 55.8 Å². The standard InChI is InChI=1S/C17H22ClNO4/c1-22-17(21)13-6-4-10-19(12-13)16(20)9-5-11-23-15-8-3-2-7-14(15)18/h2-3,7-8,13H,4-6,9-12H2,1H3. The number of para-hydroxylation sites is 1. The fourth-order valence-corrected chi connectivity index (χ4v) is 2.88. The van der Waals surface area contributed by atoms with Gasteiger partial charge in [0, 0.05) is 19.5 Å². The van der Waals surface area contributed by atoms with Gasteiger partial charge in [0.2, 0.25) is 5.91 Å². The van der Waals surface area contributed by atoms with Crippen LogP contribution >= 0.6 is 11.6 Å². The Morgan fingerprint density at radius 2 is 2.13 bits per heavy atom. The van der Waals surface area contributed by atoms with Crippen molar-refractivity contribution in [3.05, 3.63) is 29.3 Å². The minimum atomic E-state index is -0.232. The second kappa shape index (κ2) is 8.77. The fourth-order valence-electron chi connectivity index (χ4n) is 2.69. The highest BCUT2D eigenvalue weighted by Gasteiger charge is 2.28. The Bertz CT molecular complexity index is 549. The van der Waals surface area contributed by atoms with Crippen molar-refractivity contribution in [3.63, 3.8) is 0 Å². The summed E-state index contributed by atoms with van der Waals surface area (Å²) < 4.78 is 10.3. The predicted molar refractivity (Wildman–Crippen MR) is 87.5 cm³/mol. The van der Waals surface area contributed by atoms with Gasteiger partial charge in [-0.3, -0.25) is 9.59 Å². The Morgan fingerprint density at radius 1 is 1.35 bits per heavy atom. The summed E-state index contributed by atoms with van der Waals surface area (Å²) in [6.45, 7) is 1.60. The number of ether oxygens (including phenoxy) is 2. The second-order valence-corrected chi connectivity index (χ2v) is 5.99. The number of hydrogen-bond donors (Lipinski definition) is 0. The molecule has 1 fully saturated rings. The first-order valence-corrected chi connectivity index (χ1v) is 8.22. The smallest absolute Gasteiger partial charge is 0.310 e. The number of carbonyl (C=O) groups is 2. The molecule has 1 saturated heterocycles. The molecule has 0 aromatic heterocycles. The number of nitrogens with zero attached hydrogens (tertiary/aromatic N) is 1. The summed E-state index contributed by atoms with van der Waals surface area (Å²) >= 11 is 6.00. The summed E-state index contributed by atoms with van der Waals surface area (Å²) in [5, 5.41) is 0.566. The van der Waals surface area contributed by atoms with E-state index in [1.165, 1.54) is 7.11 Å². The summed E-state index contributed by atoms with van der Waals surface area (Å²) in [4.78, 5) is 25.6. The molecule has 1 heterocycles. The van der Waals surface area contributed by atoms with Crippen molar-refractivity contribution in [3.8, 4) is 5.75 Å². The van der Waals surface area contributed by atoms with Crippen molar-refractivity contribution in [1.82, 2.24) is 4.90 Å². The Labute approximate surface area is 141 Å². The minimum absolute atomic E-state index is 0.0568. The highest BCUT2D eigenvalue weighted by atomic mass is 35.5. The molecular formula is C17H22ClNO4. The molecular weight excluding hydrogens is 318 g/mol. The SMILES string of the molecule is COC(=O)C1CCCN(C(=O)CCCOc2ccccc2Cl)C1. The van der Waals surface area contributed by atoms with Gasteiger partial charge >= 0.3 is 5.97 Å². The van der Waals surface area contributed by atoms with E-state index < -0.39 is 0 Å². The maximum atomic E-state index is 12.2. The molecule has 5 nitrogen and oxygen atoms in total. The van der Waals surface area contributed by atoms with Crippen molar-refractivity contribution in [2.24, 2.45) is 5.92 Å². The van der Waals surface area contributed by atoms with E-state index in [4.69, 9.17) is 21.1 Å². The lowest BCUT2D eigenvalue weighted by Crippen LogP contribution is -2.42. The van der Waals surface area contributed by atoms with Crippen LogP contribution in [0.15, 0.2) is 24.3 Å². The van der Waals surface area contributed by atoms with Crippen LogP contribution < -0.4 is 4.74 Å². The number of amides is 1. The first-order chi connectivity index (χ1) is 11.1. The van der Waals surface area contributed by atoms with Crippen LogP contribution in [0.4, 0.5) is 0 Å². The van der Waals surface area contributed by atoms with Crippen LogP contribution in [-0.2, 0) is 14.3 Å². The lowest BCUT2D eigenvalue weighted by atomic mass is 9.98. The molecule has 0 spiro atoms. The maximum Gasteiger partial charge on any atom is 0.310 e. The molecule has 1 amide bonds. The number of halogens is 1. The summed E-state index contributed by atoms with van der Waals surface area (Å²) in [6.07, 6.45) is 2.63. The first-order valence-electron chi connectivity index (χ1n) is 7.84. The van der Waals surface area contributed by atoms with Gasteiger partial charge in [0.15, 0.2) is 0 Å². The molecule has 1 unspecified atom stereocenters. The van der Waals surface area contributed by atoms with Crippen LogP contribution in [0.5, 0.6) is 5.75 Å². The third-order valence-electron chi connectivity index (χ3n) is 3.94. The molecule has 0 N–H and O–H groups in total. The van der Waals surface area contributed by atoms with E-state index in [0.29, 0.717) is 43.3 Å². The van der Waals surface area contributed by atoms with Crippen molar-refractivity contribution in [2.45, 2.75) is 25.7 Å². The van der Waals surface area contributed by atoms with Gasteiger partial charge in [0.25, 0.3) is 0 Å². The molecule has 1 aliphatic rings. The summed E-state index contributed by atoms with van der Waals surface area (Å²) in [5.74, 6) is 0.258. The Balaban J connectivity index is 1.72. The van der Waals surface area contributed by atoms with Crippen LogP contribution in [0.2, 0.25) is 5.02 Å². The molecule has 1 aliphatic heterocycles. The number of hydrogen-bond acceptors (Lipinski definition) is 4. The average molecular weight is 340 g/mol. The van der Waals surface area contributed by atoms with Gasteiger partial charge in [-0.05, 0) is 31.4 Å². The van der Waals surface area contributed by atoms with Gasteiger partial charge in [0.1, 0.15) is 5.75 Å². The molecule has 0 radical (unpaired) electrons. The monoisotopic (exact) mass is 339 g/mol. The van der Waals surface area contributed by atoms with Crippen LogP contribution in [0, 0.1) is 5.92 Å². The van der Waals surface area contributed by atoms with E-state index in [1.807, 2.05) is 12.1 Å². The number of esters is 1. The number of rotatable bonds is 6. The van der Waals surface area contributed by atoms with Gasteiger partial charge in [-0.2, -0.15) is 0 Å². The van der Waals surface area contributed by atoms with Gasteiger partial charge < -0.3 is 14.4 Å². The third kappa shape index (κ3) is 5.13. The summed E-state index contributed by atoms with van der Waals surface area (Å²) in [5.41, 5.74) is 0. The van der Waals surface area contributed by atoms with Crippen molar-refractivity contribution < 1.29 is 19.1 Å². The molecule has 0 saturated carbocycles. The zero-order valence-electron chi connectivity index (χ0n) is 13.3. The van der Waals surface area contributed by atoms with Crippen molar-refractivity contribution in [1.29, 1.82) is 0 Å². The van der Waals surface area contributed by atoms with E-state index in [0.717, 1.165) is 12.8 Å². The van der Waals surface area contributed by atoms with Crippen LogP contribution in [0.1, 0.15) is 25.7 Å². The number of carbonyl (C=O) groups excluding carboxylic acids is 2.